The number of methoxy groups -OCH3 is 2. The molecule has 2 heterocycles. The maximum absolute atomic E-state index is 13.7. The predicted molar refractivity (Wildman–Crippen MR) is 149 cm³/mol. The Kier molecular flexibility index (Phi) is 8.28. The lowest BCUT2D eigenvalue weighted by atomic mass is 10.1. The Hall–Kier alpha value is -3.87. The van der Waals surface area contributed by atoms with Gasteiger partial charge < -0.3 is 24.6 Å². The van der Waals surface area contributed by atoms with Crippen molar-refractivity contribution in [2.45, 2.75) is 0 Å². The maximum Gasteiger partial charge on any atom is 0.307 e. The van der Waals surface area contributed by atoms with E-state index in [9.17, 15) is 18.0 Å². The number of ether oxygens (including phenoxy) is 2. The van der Waals surface area contributed by atoms with Crippen molar-refractivity contribution in [3.63, 3.8) is 0 Å². The van der Waals surface area contributed by atoms with Gasteiger partial charge in [-0.3, -0.25) is 9.59 Å². The highest BCUT2D eigenvalue weighted by atomic mass is 32.2. The predicted octanol–water partition coefficient (Wildman–Crippen LogP) is 1.86. The maximum atomic E-state index is 13.7. The number of amides is 2. The Morgan fingerprint density at radius 3 is 2.28 bits per heavy atom. The zero-order valence-electron chi connectivity index (χ0n) is 22.7. The summed E-state index contributed by atoms with van der Waals surface area (Å²) in [7, 11) is 4.02. The highest BCUT2D eigenvalue weighted by molar-refractivity contribution is 7.87. The van der Waals surface area contributed by atoms with Gasteiger partial charge in [-0.05, 0) is 37.4 Å². The summed E-state index contributed by atoms with van der Waals surface area (Å²) in [4.78, 5) is 30.8. The van der Waals surface area contributed by atoms with Crippen LogP contribution >= 0.6 is 0 Å². The van der Waals surface area contributed by atoms with Crippen molar-refractivity contribution in [1.29, 1.82) is 0 Å². The fourth-order valence-electron chi connectivity index (χ4n) is 4.32. The number of hydrogen-bond donors (Lipinski definition) is 1. The van der Waals surface area contributed by atoms with E-state index in [1.165, 1.54) is 50.6 Å². The molecule has 3 aromatic rings. The number of carbonyl (C=O) groups excluding carboxylic acids is 2. The highest BCUT2D eigenvalue weighted by Crippen LogP contribution is 2.28. The summed E-state index contributed by atoms with van der Waals surface area (Å²) in [5.74, 6) is -0.0372. The number of benzene rings is 2. The molecule has 4 rings (SSSR count). The first-order valence-corrected chi connectivity index (χ1v) is 13.7. The van der Waals surface area contributed by atoms with Gasteiger partial charge in [0.1, 0.15) is 5.70 Å². The van der Waals surface area contributed by atoms with Gasteiger partial charge in [-0.1, -0.05) is 18.2 Å². The van der Waals surface area contributed by atoms with E-state index in [4.69, 9.17) is 9.47 Å². The molecule has 1 N–H and O–H groups in total. The van der Waals surface area contributed by atoms with E-state index in [0.717, 1.165) is 4.31 Å². The van der Waals surface area contributed by atoms with Gasteiger partial charge in [-0.25, -0.2) is 3.97 Å². The third-order valence-corrected chi connectivity index (χ3v) is 8.36. The molecule has 39 heavy (non-hydrogen) atoms. The van der Waals surface area contributed by atoms with Crippen LogP contribution in [-0.2, 0) is 15.0 Å². The molecule has 1 saturated heterocycles. The van der Waals surface area contributed by atoms with Crippen LogP contribution in [0.25, 0.3) is 17.0 Å². The van der Waals surface area contributed by atoms with Crippen molar-refractivity contribution in [1.82, 2.24) is 23.4 Å². The lowest BCUT2D eigenvalue weighted by molar-refractivity contribution is -0.128. The molecule has 0 aliphatic carbocycles. The van der Waals surface area contributed by atoms with Gasteiger partial charge in [0.25, 0.3) is 11.8 Å². The van der Waals surface area contributed by atoms with Gasteiger partial charge in [0.05, 0.1) is 19.7 Å². The van der Waals surface area contributed by atoms with Crippen molar-refractivity contribution < 1.29 is 27.5 Å². The molecule has 0 atom stereocenters. The Labute approximate surface area is 228 Å². The van der Waals surface area contributed by atoms with Gasteiger partial charge in [-0.15, -0.1) is 0 Å². The molecule has 11 nitrogen and oxygen atoms in total. The van der Waals surface area contributed by atoms with Crippen molar-refractivity contribution in [2.24, 2.45) is 0 Å². The molecule has 2 aromatic carbocycles. The smallest absolute Gasteiger partial charge is 0.307 e. The molecule has 1 fully saturated rings. The summed E-state index contributed by atoms with van der Waals surface area (Å²) in [5, 5.41) is 3.38. The number of aromatic nitrogens is 1. The van der Waals surface area contributed by atoms with Crippen LogP contribution in [0.2, 0.25) is 0 Å². The van der Waals surface area contributed by atoms with Gasteiger partial charge in [0.15, 0.2) is 11.5 Å². The highest BCUT2D eigenvalue weighted by Gasteiger charge is 2.26. The lowest BCUT2D eigenvalue weighted by Crippen LogP contribution is -2.49. The molecular weight excluding hydrogens is 522 g/mol. The molecular formula is C27H33N5O6S. The zero-order valence-corrected chi connectivity index (χ0v) is 23.5. The fourth-order valence-corrected chi connectivity index (χ4v) is 5.32. The normalized spacial score (nSPS) is 15.0. The van der Waals surface area contributed by atoms with Crippen molar-refractivity contribution >= 4 is 39.0 Å². The molecule has 2 amide bonds. The average molecular weight is 556 g/mol. The molecule has 0 saturated carbocycles. The van der Waals surface area contributed by atoms with Crippen LogP contribution in [0.1, 0.15) is 15.9 Å². The Morgan fingerprint density at radius 1 is 0.974 bits per heavy atom. The molecule has 1 aromatic heterocycles. The molecule has 0 unspecified atom stereocenters. The topological polar surface area (TPSA) is 113 Å². The van der Waals surface area contributed by atoms with E-state index in [0.29, 0.717) is 54.1 Å². The quantitative estimate of drug-likeness (QED) is 0.422. The standard InChI is InChI=1S/C27H33N5O6S/c1-29(2)39(35,36)32-18-20(21-8-6-7-9-23(21)32)16-22(27(34)31-14-12-30(3)13-15-31)28-26(33)19-10-11-24(37-4)25(17-19)38-5/h6-11,16-18H,12-15H2,1-5H3,(H,28,33). The molecule has 0 bridgehead atoms. The minimum atomic E-state index is -3.84. The molecule has 1 aliphatic heterocycles. The lowest BCUT2D eigenvalue weighted by Gasteiger charge is -2.33. The van der Waals surface area contributed by atoms with Crippen LogP contribution in [0, 0.1) is 0 Å². The number of nitrogens with one attached hydrogen (secondary N) is 1. The Bertz CT molecular complexity index is 1520. The van der Waals surface area contributed by atoms with Gasteiger partial charge >= 0.3 is 10.2 Å². The second-order valence-electron chi connectivity index (χ2n) is 9.36. The monoisotopic (exact) mass is 555 g/mol. The van der Waals surface area contributed by atoms with Crippen LogP contribution in [0.15, 0.2) is 54.4 Å². The molecule has 208 valence electrons. The van der Waals surface area contributed by atoms with E-state index in [1.54, 1.807) is 41.3 Å². The molecule has 0 spiro atoms. The first kappa shape index (κ1) is 28.1. The summed E-state index contributed by atoms with van der Waals surface area (Å²) < 4.78 is 38.9. The summed E-state index contributed by atoms with van der Waals surface area (Å²) in [6.45, 7) is 2.39. The first-order chi connectivity index (χ1) is 18.6. The number of piperazine rings is 1. The number of hydrogen-bond acceptors (Lipinski definition) is 7. The van der Waals surface area contributed by atoms with E-state index >= 15 is 0 Å². The molecule has 1 aliphatic rings. The van der Waals surface area contributed by atoms with Gasteiger partial charge in [0.2, 0.25) is 0 Å². The van der Waals surface area contributed by atoms with E-state index in [1.807, 2.05) is 7.05 Å². The second-order valence-corrected chi connectivity index (χ2v) is 11.4. The zero-order chi connectivity index (χ0) is 28.3. The van der Waals surface area contributed by atoms with Crippen LogP contribution in [0.4, 0.5) is 0 Å². The Balaban J connectivity index is 1.79. The summed E-state index contributed by atoms with van der Waals surface area (Å²) >= 11 is 0. The minimum absolute atomic E-state index is 0.0319. The van der Waals surface area contributed by atoms with Crippen LogP contribution in [-0.4, -0.2) is 99.9 Å². The van der Waals surface area contributed by atoms with Crippen molar-refractivity contribution in [2.75, 3.05) is 61.5 Å². The average Bonchev–Trinajstić information content (AvgIpc) is 3.31. The van der Waals surface area contributed by atoms with Crippen LogP contribution in [0.5, 0.6) is 11.5 Å². The SMILES string of the molecule is COc1ccc(C(=O)NC(=Cc2cn(S(=O)(=O)N(C)C)c3ccccc23)C(=O)N2CCN(C)CC2)cc1OC. The first-order valence-electron chi connectivity index (χ1n) is 12.3. The summed E-state index contributed by atoms with van der Waals surface area (Å²) in [6.07, 6.45) is 2.99. The van der Waals surface area contributed by atoms with Crippen LogP contribution in [0.3, 0.4) is 0 Å². The van der Waals surface area contributed by atoms with E-state index in [2.05, 4.69) is 10.2 Å². The number of fused-ring (bicyclic) bond motifs is 1. The van der Waals surface area contributed by atoms with Gasteiger partial charge in [-0.2, -0.15) is 12.7 Å². The number of para-hydroxylation sites is 1. The summed E-state index contributed by atoms with van der Waals surface area (Å²) in [5.41, 5.74) is 1.23. The fraction of sp³-hybridized carbons (Fsp3) is 0.333. The number of likely N-dealkylation sites (N-methyl/N-ethyl adjacent to an activating group) is 1. The summed E-state index contributed by atoms with van der Waals surface area (Å²) in [6, 6.07) is 11.7. The van der Waals surface area contributed by atoms with E-state index < -0.39 is 16.1 Å². The number of rotatable bonds is 8. The Morgan fingerprint density at radius 2 is 1.64 bits per heavy atom. The second kappa shape index (κ2) is 11.5. The largest absolute Gasteiger partial charge is 0.493 e. The van der Waals surface area contributed by atoms with Crippen molar-refractivity contribution in [3.8, 4) is 11.5 Å². The molecule has 12 heteroatoms. The minimum Gasteiger partial charge on any atom is -0.493 e. The third kappa shape index (κ3) is 5.77. The number of carbonyl (C=O) groups is 2. The number of nitrogens with zero attached hydrogens (tertiary/aromatic N) is 4. The molecule has 0 radical (unpaired) electrons. The van der Waals surface area contributed by atoms with Gasteiger partial charge in [0, 0.05) is 63.0 Å². The van der Waals surface area contributed by atoms with Crippen molar-refractivity contribution in [3.05, 3.63) is 65.5 Å². The van der Waals surface area contributed by atoms with E-state index in [-0.39, 0.29) is 17.2 Å². The van der Waals surface area contributed by atoms with Crippen LogP contribution < -0.4 is 14.8 Å². The third-order valence-electron chi connectivity index (χ3n) is 6.63.